The van der Waals surface area contributed by atoms with Gasteiger partial charge >= 0.3 is 0 Å². The molecule has 1 unspecified atom stereocenters. The Labute approximate surface area is 116 Å². The summed E-state index contributed by atoms with van der Waals surface area (Å²) in [7, 11) is 1.53. The second-order valence-electron chi connectivity index (χ2n) is 4.80. The fraction of sp³-hybridized carbons (Fsp3) is 0.500. The monoisotopic (exact) mass is 282 g/mol. The third-order valence-electron chi connectivity index (χ3n) is 3.47. The molecule has 1 fully saturated rings. The van der Waals surface area contributed by atoms with Gasteiger partial charge in [0, 0.05) is 17.9 Å². The SMILES string of the molecule is COc1ccc(C(=O)C[C@H]2C(O)OC[C@H](O)[C@@H]2O)cc1. The van der Waals surface area contributed by atoms with E-state index in [9.17, 15) is 20.1 Å². The number of carbonyl (C=O) groups is 1. The Morgan fingerprint density at radius 2 is 1.95 bits per heavy atom. The maximum Gasteiger partial charge on any atom is 0.163 e. The number of rotatable bonds is 4. The Hall–Kier alpha value is -1.47. The van der Waals surface area contributed by atoms with E-state index in [1.165, 1.54) is 7.11 Å². The van der Waals surface area contributed by atoms with Crippen molar-refractivity contribution in [2.24, 2.45) is 5.92 Å². The Bertz CT molecular complexity index is 457. The van der Waals surface area contributed by atoms with Crippen LogP contribution in [0.5, 0.6) is 5.75 Å². The molecule has 1 saturated heterocycles. The molecule has 6 nitrogen and oxygen atoms in total. The minimum Gasteiger partial charge on any atom is -0.497 e. The average Bonchev–Trinajstić information content (AvgIpc) is 2.47. The van der Waals surface area contributed by atoms with Crippen molar-refractivity contribution < 1.29 is 29.6 Å². The third kappa shape index (κ3) is 3.16. The Kier molecular flexibility index (Phi) is 4.72. The van der Waals surface area contributed by atoms with Crippen LogP contribution in [0, 0.1) is 5.92 Å². The predicted octanol–water partition coefficient (Wildman–Crippen LogP) is -0.0454. The van der Waals surface area contributed by atoms with Gasteiger partial charge in [0.2, 0.25) is 0 Å². The number of ketones is 1. The highest BCUT2D eigenvalue weighted by atomic mass is 16.6. The maximum atomic E-state index is 12.1. The number of methoxy groups -OCH3 is 1. The summed E-state index contributed by atoms with van der Waals surface area (Å²) in [6.45, 7) is -0.143. The van der Waals surface area contributed by atoms with Crippen LogP contribution in [0.4, 0.5) is 0 Å². The molecule has 0 aromatic heterocycles. The lowest BCUT2D eigenvalue weighted by Gasteiger charge is -2.35. The second-order valence-corrected chi connectivity index (χ2v) is 4.80. The molecular formula is C14H18O6. The van der Waals surface area contributed by atoms with Crippen LogP contribution >= 0.6 is 0 Å². The fourth-order valence-electron chi connectivity index (χ4n) is 2.20. The van der Waals surface area contributed by atoms with E-state index in [0.29, 0.717) is 11.3 Å². The molecule has 0 bridgehead atoms. The number of benzene rings is 1. The quantitative estimate of drug-likeness (QED) is 0.670. The van der Waals surface area contributed by atoms with Crippen molar-refractivity contribution in [3.63, 3.8) is 0 Å². The van der Waals surface area contributed by atoms with Crippen molar-refractivity contribution in [2.75, 3.05) is 13.7 Å². The van der Waals surface area contributed by atoms with Gasteiger partial charge in [-0.3, -0.25) is 4.79 Å². The molecule has 2 rings (SSSR count). The van der Waals surface area contributed by atoms with Crippen molar-refractivity contribution in [3.05, 3.63) is 29.8 Å². The van der Waals surface area contributed by atoms with Gasteiger partial charge in [0.05, 0.1) is 19.8 Å². The molecule has 0 spiro atoms. The standard InChI is InChI=1S/C14H18O6/c1-19-9-4-2-8(3-5-9)11(15)6-10-13(17)12(16)7-20-14(10)18/h2-5,10,12-14,16-18H,6-7H2,1H3/t10-,12+,13-,14?/m1/s1. The van der Waals surface area contributed by atoms with Gasteiger partial charge in [0.15, 0.2) is 12.1 Å². The first kappa shape index (κ1) is 14.9. The molecular weight excluding hydrogens is 264 g/mol. The topological polar surface area (TPSA) is 96.2 Å². The number of Topliss-reactive ketones (excluding diaryl/α,β-unsaturated/α-hetero) is 1. The number of carbonyl (C=O) groups excluding carboxylic acids is 1. The van der Waals surface area contributed by atoms with Gasteiger partial charge in [0.25, 0.3) is 0 Å². The third-order valence-corrected chi connectivity index (χ3v) is 3.47. The van der Waals surface area contributed by atoms with Crippen molar-refractivity contribution >= 4 is 5.78 Å². The summed E-state index contributed by atoms with van der Waals surface area (Å²) in [6.07, 6.45) is -3.63. The first-order valence-corrected chi connectivity index (χ1v) is 6.36. The Balaban J connectivity index is 2.05. The summed E-state index contributed by atoms with van der Waals surface area (Å²) >= 11 is 0. The van der Waals surface area contributed by atoms with Crippen molar-refractivity contribution in [1.82, 2.24) is 0 Å². The van der Waals surface area contributed by atoms with Crippen LogP contribution in [-0.4, -0.2) is 53.3 Å². The summed E-state index contributed by atoms with van der Waals surface area (Å²) in [5.41, 5.74) is 0.449. The molecule has 1 aromatic rings. The molecule has 0 aliphatic carbocycles. The van der Waals surface area contributed by atoms with E-state index >= 15 is 0 Å². The molecule has 1 aliphatic rings. The van der Waals surface area contributed by atoms with Gasteiger partial charge in [-0.05, 0) is 24.3 Å². The summed E-state index contributed by atoms with van der Waals surface area (Å²) in [6, 6.07) is 6.54. The van der Waals surface area contributed by atoms with Crippen LogP contribution in [0.3, 0.4) is 0 Å². The van der Waals surface area contributed by atoms with E-state index in [2.05, 4.69) is 0 Å². The molecule has 6 heteroatoms. The second kappa shape index (κ2) is 6.32. The van der Waals surface area contributed by atoms with E-state index < -0.39 is 24.4 Å². The first-order valence-electron chi connectivity index (χ1n) is 6.36. The highest BCUT2D eigenvalue weighted by Crippen LogP contribution is 2.25. The molecule has 0 radical (unpaired) electrons. The van der Waals surface area contributed by atoms with Crippen LogP contribution in [0.15, 0.2) is 24.3 Å². The van der Waals surface area contributed by atoms with E-state index in [-0.39, 0.29) is 18.8 Å². The normalized spacial score (nSPS) is 30.0. The summed E-state index contributed by atoms with van der Waals surface area (Å²) in [5.74, 6) is -0.445. The molecule has 0 amide bonds. The number of hydrogen-bond acceptors (Lipinski definition) is 6. The summed E-state index contributed by atoms with van der Waals surface area (Å²) in [5, 5.41) is 29.0. The highest BCUT2D eigenvalue weighted by molar-refractivity contribution is 5.96. The lowest BCUT2D eigenvalue weighted by Crippen LogP contribution is -2.49. The number of hydrogen-bond donors (Lipinski definition) is 3. The minimum absolute atomic E-state index is 0.105. The molecule has 0 saturated carbocycles. The minimum atomic E-state index is -1.25. The van der Waals surface area contributed by atoms with Gasteiger partial charge in [-0.25, -0.2) is 0 Å². The van der Waals surface area contributed by atoms with E-state index in [0.717, 1.165) is 0 Å². The van der Waals surface area contributed by atoms with E-state index in [1.807, 2.05) is 0 Å². The van der Waals surface area contributed by atoms with E-state index in [4.69, 9.17) is 9.47 Å². The molecule has 20 heavy (non-hydrogen) atoms. The molecule has 1 aromatic carbocycles. The highest BCUT2D eigenvalue weighted by Gasteiger charge is 2.38. The van der Waals surface area contributed by atoms with Gasteiger partial charge in [-0.2, -0.15) is 0 Å². The van der Waals surface area contributed by atoms with Crippen molar-refractivity contribution in [1.29, 1.82) is 0 Å². The number of ether oxygens (including phenoxy) is 2. The van der Waals surface area contributed by atoms with Crippen molar-refractivity contribution in [2.45, 2.75) is 24.9 Å². The first-order chi connectivity index (χ1) is 9.52. The van der Waals surface area contributed by atoms with Gasteiger partial charge in [-0.1, -0.05) is 0 Å². The number of aliphatic hydroxyl groups is 3. The van der Waals surface area contributed by atoms with Crippen LogP contribution in [0.2, 0.25) is 0 Å². The van der Waals surface area contributed by atoms with Gasteiger partial charge in [-0.15, -0.1) is 0 Å². The van der Waals surface area contributed by atoms with E-state index in [1.54, 1.807) is 24.3 Å². The fourth-order valence-corrected chi connectivity index (χ4v) is 2.20. The average molecular weight is 282 g/mol. The van der Waals surface area contributed by atoms with Crippen LogP contribution in [0.1, 0.15) is 16.8 Å². The van der Waals surface area contributed by atoms with Crippen LogP contribution < -0.4 is 4.74 Å². The maximum absolute atomic E-state index is 12.1. The molecule has 1 aliphatic heterocycles. The van der Waals surface area contributed by atoms with Gasteiger partial charge < -0.3 is 24.8 Å². The molecule has 3 N–H and O–H groups in total. The van der Waals surface area contributed by atoms with Gasteiger partial charge in [0.1, 0.15) is 11.9 Å². The smallest absolute Gasteiger partial charge is 0.163 e. The summed E-state index contributed by atoms with van der Waals surface area (Å²) < 4.78 is 9.92. The lowest BCUT2D eigenvalue weighted by atomic mass is 9.88. The zero-order valence-electron chi connectivity index (χ0n) is 11.1. The number of aliphatic hydroxyl groups excluding tert-OH is 3. The molecule has 1 heterocycles. The summed E-state index contributed by atoms with van der Waals surface area (Å²) in [4.78, 5) is 12.1. The molecule has 4 atom stereocenters. The van der Waals surface area contributed by atoms with Crippen molar-refractivity contribution in [3.8, 4) is 5.75 Å². The Morgan fingerprint density at radius 1 is 1.30 bits per heavy atom. The lowest BCUT2D eigenvalue weighted by molar-refractivity contribution is -0.229. The van der Waals surface area contributed by atoms with Crippen LogP contribution in [0.25, 0.3) is 0 Å². The predicted molar refractivity (Wildman–Crippen MR) is 69.4 cm³/mol. The zero-order valence-corrected chi connectivity index (χ0v) is 11.1. The van der Waals surface area contributed by atoms with Crippen LogP contribution in [-0.2, 0) is 4.74 Å². The molecule has 110 valence electrons. The Morgan fingerprint density at radius 3 is 2.55 bits per heavy atom. The zero-order chi connectivity index (χ0) is 14.7. The largest absolute Gasteiger partial charge is 0.497 e.